The van der Waals surface area contributed by atoms with Gasteiger partial charge in [0.05, 0.1) is 26.0 Å². The van der Waals surface area contributed by atoms with Gasteiger partial charge in [-0.25, -0.2) is 8.42 Å². The molecule has 0 fully saturated rings. The first kappa shape index (κ1) is 33.8. The molecule has 2 amide bonds. The third-order valence-corrected chi connectivity index (χ3v) is 8.03. The highest BCUT2D eigenvalue weighted by Gasteiger charge is 2.32. The van der Waals surface area contributed by atoms with Crippen molar-refractivity contribution in [3.63, 3.8) is 0 Å². The van der Waals surface area contributed by atoms with Crippen molar-refractivity contribution in [1.82, 2.24) is 14.5 Å². The summed E-state index contributed by atoms with van der Waals surface area (Å²) in [6.45, 7) is 4.51. The molecule has 232 valence electrons. The molecular weight excluding hydrogens is 566 g/mol. The van der Waals surface area contributed by atoms with E-state index in [4.69, 9.17) is 9.47 Å². The Hall–Kier alpha value is -3.73. The summed E-state index contributed by atoms with van der Waals surface area (Å²) < 4.78 is 37.7. The van der Waals surface area contributed by atoms with Gasteiger partial charge < -0.3 is 19.7 Å². The Balaban J connectivity index is 1.93. The lowest BCUT2D eigenvalue weighted by atomic mass is 10.0. The van der Waals surface area contributed by atoms with E-state index in [9.17, 15) is 18.0 Å². The smallest absolute Gasteiger partial charge is 0.243 e. The van der Waals surface area contributed by atoms with Crippen LogP contribution < -0.4 is 10.1 Å². The highest BCUT2D eigenvalue weighted by atomic mass is 32.2. The topological polar surface area (TPSA) is 105 Å². The number of sulfonamides is 1. The molecule has 9 nitrogen and oxygen atoms in total. The zero-order valence-electron chi connectivity index (χ0n) is 25.4. The number of hydrogen-bond donors (Lipinski definition) is 1. The molecule has 0 aliphatic heterocycles. The summed E-state index contributed by atoms with van der Waals surface area (Å²) in [6, 6.07) is 24.9. The van der Waals surface area contributed by atoms with E-state index >= 15 is 0 Å². The summed E-state index contributed by atoms with van der Waals surface area (Å²) in [5, 5.41) is 2.97. The lowest BCUT2D eigenvalue weighted by Crippen LogP contribution is -2.53. The molecule has 0 aromatic heterocycles. The monoisotopic (exact) mass is 609 g/mol. The number of amides is 2. The van der Waals surface area contributed by atoms with Gasteiger partial charge in [-0.3, -0.25) is 9.59 Å². The van der Waals surface area contributed by atoms with Crippen molar-refractivity contribution in [3.05, 3.63) is 102 Å². The number of ether oxygens (including phenoxy) is 2. The molecule has 0 spiro atoms. The number of benzene rings is 3. The minimum Gasteiger partial charge on any atom is -0.497 e. The Morgan fingerprint density at radius 2 is 1.42 bits per heavy atom. The van der Waals surface area contributed by atoms with Gasteiger partial charge in [0.25, 0.3) is 0 Å². The van der Waals surface area contributed by atoms with Gasteiger partial charge in [0.1, 0.15) is 11.8 Å². The van der Waals surface area contributed by atoms with E-state index in [-0.39, 0.29) is 31.5 Å². The average molecular weight is 610 g/mol. The van der Waals surface area contributed by atoms with E-state index in [1.165, 1.54) is 4.90 Å². The lowest BCUT2D eigenvalue weighted by Gasteiger charge is -2.33. The fourth-order valence-electron chi connectivity index (χ4n) is 4.52. The summed E-state index contributed by atoms with van der Waals surface area (Å²) in [7, 11) is -2.18. The molecule has 0 saturated carbocycles. The molecule has 1 N–H and O–H groups in total. The van der Waals surface area contributed by atoms with Gasteiger partial charge in [-0.15, -0.1) is 0 Å². The third kappa shape index (κ3) is 11.5. The van der Waals surface area contributed by atoms with Crippen molar-refractivity contribution in [3.8, 4) is 5.75 Å². The molecule has 0 bridgehead atoms. The molecular formula is C33H43N3O6S. The number of methoxy groups -OCH3 is 1. The molecule has 0 aliphatic carbocycles. The van der Waals surface area contributed by atoms with Crippen LogP contribution in [0.1, 0.15) is 37.0 Å². The Morgan fingerprint density at radius 1 is 0.837 bits per heavy atom. The van der Waals surface area contributed by atoms with Gasteiger partial charge in [-0.05, 0) is 49.1 Å². The second kappa shape index (κ2) is 16.8. The van der Waals surface area contributed by atoms with Gasteiger partial charge in [0, 0.05) is 32.7 Å². The standard InChI is InChI=1S/C33H43N3O6S/c1-26(2)42-21-11-20-34-33(38)31(22-27-12-7-5-8-13-27)36(24-29-16-18-30(41-3)19-17-29)32(37)25-35(43(4,39)40)23-28-14-9-6-10-15-28/h5-10,12-19,26,31H,11,20-25H2,1-4H3,(H,34,38)/t31-/m0/s1. The minimum absolute atomic E-state index is 0.0349. The van der Waals surface area contributed by atoms with Crippen LogP contribution in [0.15, 0.2) is 84.9 Å². The van der Waals surface area contributed by atoms with Crippen molar-refractivity contribution in [1.29, 1.82) is 0 Å². The predicted octanol–water partition coefficient (Wildman–Crippen LogP) is 4.03. The molecule has 1 atom stereocenters. The first-order valence-electron chi connectivity index (χ1n) is 14.4. The van der Waals surface area contributed by atoms with E-state index in [2.05, 4.69) is 5.32 Å². The Morgan fingerprint density at radius 3 is 1.98 bits per heavy atom. The van der Waals surface area contributed by atoms with Gasteiger partial charge >= 0.3 is 0 Å². The summed E-state index contributed by atoms with van der Waals surface area (Å²) in [4.78, 5) is 29.3. The van der Waals surface area contributed by atoms with Crippen LogP contribution in [0.3, 0.4) is 0 Å². The molecule has 3 rings (SSSR count). The van der Waals surface area contributed by atoms with E-state index in [0.717, 1.165) is 27.3 Å². The SMILES string of the molecule is COc1ccc(CN(C(=O)CN(Cc2ccccc2)S(C)(=O)=O)[C@@H](Cc2ccccc2)C(=O)NCCCOC(C)C)cc1. The molecule has 0 radical (unpaired) electrons. The van der Waals surface area contributed by atoms with Crippen LogP contribution in [-0.2, 0) is 43.9 Å². The van der Waals surface area contributed by atoms with Crippen molar-refractivity contribution in [2.24, 2.45) is 0 Å². The van der Waals surface area contributed by atoms with Crippen LogP contribution in [0, 0.1) is 0 Å². The van der Waals surface area contributed by atoms with Crippen molar-refractivity contribution >= 4 is 21.8 Å². The van der Waals surface area contributed by atoms with Crippen LogP contribution in [0.5, 0.6) is 5.75 Å². The summed E-state index contributed by atoms with van der Waals surface area (Å²) in [6.07, 6.45) is 2.06. The molecule has 3 aromatic rings. The van der Waals surface area contributed by atoms with E-state index in [1.54, 1.807) is 19.2 Å². The highest BCUT2D eigenvalue weighted by Crippen LogP contribution is 2.19. The molecule has 3 aromatic carbocycles. The third-order valence-electron chi connectivity index (χ3n) is 6.84. The maximum atomic E-state index is 14.1. The van der Waals surface area contributed by atoms with Crippen molar-refractivity contribution < 1.29 is 27.5 Å². The van der Waals surface area contributed by atoms with E-state index in [0.29, 0.717) is 25.3 Å². The highest BCUT2D eigenvalue weighted by molar-refractivity contribution is 7.88. The summed E-state index contributed by atoms with van der Waals surface area (Å²) in [5.74, 6) is -0.129. The van der Waals surface area contributed by atoms with Crippen LogP contribution in [-0.4, -0.2) is 74.6 Å². The van der Waals surface area contributed by atoms with Crippen LogP contribution in [0.25, 0.3) is 0 Å². The molecule has 0 aliphatic rings. The number of carbonyl (C=O) groups excluding carboxylic acids is 2. The second-order valence-electron chi connectivity index (χ2n) is 10.7. The fourth-order valence-corrected chi connectivity index (χ4v) is 5.25. The zero-order chi connectivity index (χ0) is 31.2. The van der Waals surface area contributed by atoms with Gasteiger partial charge in [0.2, 0.25) is 21.8 Å². The first-order chi connectivity index (χ1) is 20.6. The molecule has 10 heteroatoms. The van der Waals surface area contributed by atoms with Crippen LogP contribution in [0.2, 0.25) is 0 Å². The van der Waals surface area contributed by atoms with E-state index < -0.39 is 28.5 Å². The quantitative estimate of drug-likeness (QED) is 0.232. The van der Waals surface area contributed by atoms with Gasteiger partial charge in [-0.2, -0.15) is 4.31 Å². The van der Waals surface area contributed by atoms with Crippen molar-refractivity contribution in [2.45, 2.75) is 51.9 Å². The number of hydrogen-bond acceptors (Lipinski definition) is 6. The number of carbonyl (C=O) groups is 2. The Labute approximate surface area is 255 Å². The van der Waals surface area contributed by atoms with Gasteiger partial charge in [0.15, 0.2) is 0 Å². The van der Waals surface area contributed by atoms with E-state index in [1.807, 2.05) is 86.6 Å². The number of nitrogens with zero attached hydrogens (tertiary/aromatic N) is 2. The predicted molar refractivity (Wildman–Crippen MR) is 168 cm³/mol. The Bertz CT molecular complexity index is 1380. The van der Waals surface area contributed by atoms with Crippen LogP contribution in [0.4, 0.5) is 0 Å². The number of nitrogens with one attached hydrogen (secondary N) is 1. The summed E-state index contributed by atoms with van der Waals surface area (Å²) in [5.41, 5.74) is 2.41. The second-order valence-corrected chi connectivity index (χ2v) is 12.6. The molecule has 43 heavy (non-hydrogen) atoms. The first-order valence-corrected chi connectivity index (χ1v) is 16.3. The zero-order valence-corrected chi connectivity index (χ0v) is 26.3. The largest absolute Gasteiger partial charge is 0.497 e. The normalized spacial score (nSPS) is 12.2. The molecule has 0 saturated heterocycles. The summed E-state index contributed by atoms with van der Waals surface area (Å²) >= 11 is 0. The maximum absolute atomic E-state index is 14.1. The molecule has 0 unspecified atom stereocenters. The fraction of sp³-hybridized carbons (Fsp3) is 0.394. The van der Waals surface area contributed by atoms with Gasteiger partial charge in [-0.1, -0.05) is 72.8 Å². The number of rotatable bonds is 17. The van der Waals surface area contributed by atoms with Crippen molar-refractivity contribution in [2.75, 3.05) is 33.1 Å². The minimum atomic E-state index is -3.75. The molecule has 0 heterocycles. The maximum Gasteiger partial charge on any atom is 0.243 e. The lowest BCUT2D eigenvalue weighted by molar-refractivity contribution is -0.141. The van der Waals surface area contributed by atoms with Crippen LogP contribution >= 0.6 is 0 Å². The Kier molecular flexibility index (Phi) is 13.2. The average Bonchev–Trinajstić information content (AvgIpc) is 2.99.